The molecule has 0 fully saturated rings. The summed E-state index contributed by atoms with van der Waals surface area (Å²) in [5.74, 6) is 0.778. The molecule has 0 bridgehead atoms. The summed E-state index contributed by atoms with van der Waals surface area (Å²) in [6.07, 6.45) is 4.48. The third-order valence-electron chi connectivity index (χ3n) is 3.27. The molecule has 1 N–H and O–H groups in total. The molecule has 0 unspecified atom stereocenters. The van der Waals surface area contributed by atoms with Gasteiger partial charge >= 0.3 is 0 Å². The molecule has 0 radical (unpaired) electrons. The molecule has 0 spiro atoms. The van der Waals surface area contributed by atoms with Gasteiger partial charge < -0.3 is 10.2 Å². The number of hydrogen-bond donors (Lipinski definition) is 1. The second kappa shape index (κ2) is 6.88. The average molecular weight is 287 g/mol. The smallest absolute Gasteiger partial charge is 0.269 e. The van der Waals surface area contributed by atoms with E-state index in [0.29, 0.717) is 6.54 Å². The molecule has 2 rings (SSSR count). The number of hydrogen-bond acceptors (Lipinski definition) is 5. The fraction of sp³-hybridized carbons (Fsp3) is 0.400. The van der Waals surface area contributed by atoms with Crippen molar-refractivity contribution in [2.75, 3.05) is 30.9 Å². The Labute approximate surface area is 124 Å². The first-order chi connectivity index (χ1) is 10.1. The largest absolute Gasteiger partial charge is 0.373 e. The van der Waals surface area contributed by atoms with E-state index in [-0.39, 0.29) is 5.56 Å². The Morgan fingerprint density at radius 1 is 1.38 bits per heavy atom. The van der Waals surface area contributed by atoms with Crippen molar-refractivity contribution in [1.82, 2.24) is 14.8 Å². The predicted molar refractivity (Wildman–Crippen MR) is 84.9 cm³/mol. The maximum absolute atomic E-state index is 12.2. The summed E-state index contributed by atoms with van der Waals surface area (Å²) in [5.41, 5.74) is 1.74. The quantitative estimate of drug-likeness (QED) is 0.874. The van der Waals surface area contributed by atoms with Crippen molar-refractivity contribution in [2.24, 2.45) is 0 Å². The fourth-order valence-corrected chi connectivity index (χ4v) is 2.10. The van der Waals surface area contributed by atoms with Crippen LogP contribution in [0.25, 0.3) is 0 Å². The van der Waals surface area contributed by atoms with E-state index in [4.69, 9.17) is 0 Å². The topological polar surface area (TPSA) is 63.1 Å². The summed E-state index contributed by atoms with van der Waals surface area (Å²) in [7, 11) is 3.78. The van der Waals surface area contributed by atoms with Gasteiger partial charge in [0.2, 0.25) is 0 Å². The molecule has 21 heavy (non-hydrogen) atoms. The van der Waals surface area contributed by atoms with Crippen LogP contribution in [0.2, 0.25) is 0 Å². The molecule has 0 aliphatic carbocycles. The van der Waals surface area contributed by atoms with Gasteiger partial charge in [-0.15, -0.1) is 0 Å². The fourth-order valence-electron chi connectivity index (χ4n) is 2.10. The molecule has 0 aliphatic rings. The number of nitrogens with one attached hydrogen (secondary N) is 1. The Hall–Kier alpha value is -2.37. The number of anilines is 2. The van der Waals surface area contributed by atoms with Crippen LogP contribution in [-0.2, 0) is 6.54 Å². The van der Waals surface area contributed by atoms with Crippen molar-refractivity contribution in [1.29, 1.82) is 0 Å². The Kier molecular flexibility index (Phi) is 4.92. The first-order valence-corrected chi connectivity index (χ1v) is 7.05. The van der Waals surface area contributed by atoms with Crippen LogP contribution in [0, 0.1) is 0 Å². The molecular weight excluding hydrogens is 266 g/mol. The van der Waals surface area contributed by atoms with Gasteiger partial charge in [-0.25, -0.2) is 9.67 Å². The molecular formula is C15H21N5O. The van der Waals surface area contributed by atoms with Crippen molar-refractivity contribution in [3.8, 4) is 0 Å². The van der Waals surface area contributed by atoms with Crippen molar-refractivity contribution in [2.45, 2.75) is 19.9 Å². The van der Waals surface area contributed by atoms with Gasteiger partial charge in [-0.3, -0.25) is 4.79 Å². The van der Waals surface area contributed by atoms with Crippen LogP contribution >= 0.6 is 0 Å². The zero-order chi connectivity index (χ0) is 15.2. The molecule has 112 valence electrons. The molecule has 6 nitrogen and oxygen atoms in total. The summed E-state index contributed by atoms with van der Waals surface area (Å²) in [4.78, 5) is 18.3. The maximum Gasteiger partial charge on any atom is 0.269 e. The van der Waals surface area contributed by atoms with E-state index in [1.54, 1.807) is 18.5 Å². The standard InChI is InChI=1S/C15H21N5O/c1-4-7-19(3)13-9-15(21)20(18-10-13)11-12-5-6-17-14(8-12)16-2/h5-6,8-10H,4,7,11H2,1-3H3,(H,16,17). The Bertz CT molecular complexity index is 653. The molecule has 0 atom stereocenters. The number of pyridine rings is 1. The first kappa shape index (κ1) is 15.0. The maximum atomic E-state index is 12.2. The zero-order valence-corrected chi connectivity index (χ0v) is 12.7. The molecule has 0 saturated heterocycles. The monoisotopic (exact) mass is 287 g/mol. The molecule has 2 aromatic rings. The summed E-state index contributed by atoms with van der Waals surface area (Å²) in [5, 5.41) is 7.23. The minimum Gasteiger partial charge on any atom is -0.373 e. The lowest BCUT2D eigenvalue weighted by atomic mass is 10.2. The lowest BCUT2D eigenvalue weighted by Gasteiger charge is -2.17. The molecule has 2 heterocycles. The normalized spacial score (nSPS) is 10.4. The molecule has 6 heteroatoms. The van der Waals surface area contributed by atoms with Crippen LogP contribution in [-0.4, -0.2) is 35.4 Å². The predicted octanol–water partition coefficient (Wildman–Crippen LogP) is 1.57. The van der Waals surface area contributed by atoms with E-state index in [1.165, 1.54) is 4.68 Å². The van der Waals surface area contributed by atoms with Crippen molar-refractivity contribution >= 4 is 11.5 Å². The number of aromatic nitrogens is 3. The number of nitrogens with zero attached hydrogens (tertiary/aromatic N) is 4. The Morgan fingerprint density at radius 3 is 2.86 bits per heavy atom. The minimum absolute atomic E-state index is 0.0988. The highest BCUT2D eigenvalue weighted by atomic mass is 16.1. The van der Waals surface area contributed by atoms with Crippen LogP contribution in [0.3, 0.4) is 0 Å². The Morgan fingerprint density at radius 2 is 2.19 bits per heavy atom. The first-order valence-electron chi connectivity index (χ1n) is 7.05. The van der Waals surface area contributed by atoms with Gasteiger partial charge in [-0.05, 0) is 24.1 Å². The van der Waals surface area contributed by atoms with E-state index in [9.17, 15) is 4.79 Å². The molecule has 0 aliphatic heterocycles. The third-order valence-corrected chi connectivity index (χ3v) is 3.27. The van der Waals surface area contributed by atoms with E-state index in [0.717, 1.165) is 30.0 Å². The van der Waals surface area contributed by atoms with Crippen LogP contribution in [0.15, 0.2) is 35.4 Å². The molecule has 2 aromatic heterocycles. The van der Waals surface area contributed by atoms with E-state index in [1.807, 2.05) is 31.1 Å². The van der Waals surface area contributed by atoms with Crippen molar-refractivity contribution in [3.05, 3.63) is 46.5 Å². The third kappa shape index (κ3) is 3.81. The summed E-state index contributed by atoms with van der Waals surface area (Å²) in [6, 6.07) is 5.42. The summed E-state index contributed by atoms with van der Waals surface area (Å²) >= 11 is 0. The highest BCUT2D eigenvalue weighted by Gasteiger charge is 2.05. The van der Waals surface area contributed by atoms with Gasteiger partial charge in [-0.2, -0.15) is 5.10 Å². The van der Waals surface area contributed by atoms with Crippen LogP contribution < -0.4 is 15.8 Å². The van der Waals surface area contributed by atoms with Gasteiger partial charge in [0.1, 0.15) is 5.82 Å². The number of rotatable bonds is 6. The lowest BCUT2D eigenvalue weighted by Crippen LogP contribution is -2.26. The van der Waals surface area contributed by atoms with Gasteiger partial charge in [0, 0.05) is 32.9 Å². The second-order valence-electron chi connectivity index (χ2n) is 4.93. The minimum atomic E-state index is -0.0988. The van der Waals surface area contributed by atoms with Crippen molar-refractivity contribution in [3.63, 3.8) is 0 Å². The average Bonchev–Trinajstić information content (AvgIpc) is 2.49. The lowest BCUT2D eigenvalue weighted by molar-refractivity contribution is 0.636. The van der Waals surface area contributed by atoms with Crippen LogP contribution in [0.1, 0.15) is 18.9 Å². The van der Waals surface area contributed by atoms with Crippen LogP contribution in [0.4, 0.5) is 11.5 Å². The van der Waals surface area contributed by atoms with Gasteiger partial charge in [-0.1, -0.05) is 6.92 Å². The molecule has 0 amide bonds. The van der Waals surface area contributed by atoms with E-state index in [2.05, 4.69) is 22.3 Å². The summed E-state index contributed by atoms with van der Waals surface area (Å²) < 4.78 is 1.46. The van der Waals surface area contributed by atoms with E-state index < -0.39 is 0 Å². The summed E-state index contributed by atoms with van der Waals surface area (Å²) in [6.45, 7) is 3.45. The van der Waals surface area contributed by atoms with E-state index >= 15 is 0 Å². The van der Waals surface area contributed by atoms with Gasteiger partial charge in [0.25, 0.3) is 5.56 Å². The van der Waals surface area contributed by atoms with Crippen LogP contribution in [0.5, 0.6) is 0 Å². The van der Waals surface area contributed by atoms with Gasteiger partial charge in [0.15, 0.2) is 0 Å². The SMILES string of the molecule is CCCN(C)c1cnn(Cc2ccnc(NC)c2)c(=O)c1. The molecule has 0 saturated carbocycles. The zero-order valence-electron chi connectivity index (χ0n) is 12.7. The van der Waals surface area contributed by atoms with Gasteiger partial charge in [0.05, 0.1) is 18.4 Å². The second-order valence-corrected chi connectivity index (χ2v) is 4.93. The highest BCUT2D eigenvalue weighted by Crippen LogP contribution is 2.09. The molecule has 0 aromatic carbocycles. The Balaban J connectivity index is 2.19. The highest BCUT2D eigenvalue weighted by molar-refractivity contribution is 5.42. The van der Waals surface area contributed by atoms with Crippen molar-refractivity contribution < 1.29 is 0 Å².